The maximum absolute atomic E-state index is 12.6. The summed E-state index contributed by atoms with van der Waals surface area (Å²) in [6.45, 7) is 0.512. The highest BCUT2D eigenvalue weighted by Crippen LogP contribution is 2.52. The van der Waals surface area contributed by atoms with E-state index in [-0.39, 0.29) is 11.9 Å². The van der Waals surface area contributed by atoms with E-state index in [4.69, 9.17) is 4.74 Å². The van der Waals surface area contributed by atoms with E-state index in [9.17, 15) is 14.7 Å². The molecule has 4 rings (SSSR count). The van der Waals surface area contributed by atoms with Crippen LogP contribution in [-0.2, 0) is 14.3 Å². The van der Waals surface area contributed by atoms with Gasteiger partial charge in [0.15, 0.2) is 0 Å². The fraction of sp³-hybridized carbons (Fsp3) is 0.714. The van der Waals surface area contributed by atoms with Gasteiger partial charge in [-0.1, -0.05) is 25.0 Å². The van der Waals surface area contributed by atoms with E-state index in [1.807, 2.05) is 11.0 Å². The Morgan fingerprint density at radius 3 is 2.84 bits per heavy atom. The summed E-state index contributed by atoms with van der Waals surface area (Å²) in [5.74, 6) is -2.60. The Morgan fingerprint density at radius 1 is 1.42 bits per heavy atom. The number of carbonyl (C=O) groups excluding carboxylic acids is 2. The van der Waals surface area contributed by atoms with Gasteiger partial charge in [0.2, 0.25) is 5.91 Å². The van der Waals surface area contributed by atoms with E-state index in [2.05, 4.69) is 0 Å². The number of likely N-dealkylation sites (tertiary alicyclic amines) is 1. The van der Waals surface area contributed by atoms with Crippen molar-refractivity contribution in [1.29, 1.82) is 0 Å². The highest BCUT2D eigenvalue weighted by molar-refractivity contribution is 5.90. The van der Waals surface area contributed by atoms with Crippen molar-refractivity contribution >= 4 is 11.9 Å². The van der Waals surface area contributed by atoms with Crippen LogP contribution in [-0.4, -0.2) is 41.1 Å². The third-order valence-electron chi connectivity index (χ3n) is 5.17. The van der Waals surface area contributed by atoms with E-state index in [0.717, 1.165) is 25.7 Å². The van der Waals surface area contributed by atoms with E-state index in [1.54, 1.807) is 6.08 Å². The first-order chi connectivity index (χ1) is 9.12. The Balaban J connectivity index is 1.69. The van der Waals surface area contributed by atoms with Crippen LogP contribution in [0.1, 0.15) is 25.7 Å². The van der Waals surface area contributed by atoms with Crippen molar-refractivity contribution < 1.29 is 19.4 Å². The highest BCUT2D eigenvalue weighted by Gasteiger charge is 2.65. The van der Waals surface area contributed by atoms with E-state index in [1.165, 1.54) is 0 Å². The minimum Gasteiger partial charge on any atom is -0.550 e. The number of rotatable bonds is 2. The van der Waals surface area contributed by atoms with Crippen LogP contribution in [0.3, 0.4) is 0 Å². The predicted molar refractivity (Wildman–Crippen MR) is 62.7 cm³/mol. The molecule has 1 spiro atoms. The van der Waals surface area contributed by atoms with E-state index < -0.39 is 29.5 Å². The SMILES string of the molecule is O=C([O-])[C@H]1[C@H]2C=C[C@]3(CN(C4CCCC4)C(=O)[C@@H]13)O2. The maximum atomic E-state index is 12.6. The van der Waals surface area contributed by atoms with Gasteiger partial charge in [-0.15, -0.1) is 0 Å². The molecule has 0 aromatic carbocycles. The minimum absolute atomic E-state index is 0.0482. The van der Waals surface area contributed by atoms with Gasteiger partial charge in [0.05, 0.1) is 18.6 Å². The lowest BCUT2D eigenvalue weighted by Crippen LogP contribution is -2.45. The van der Waals surface area contributed by atoms with Gasteiger partial charge in [-0.3, -0.25) is 4.79 Å². The topological polar surface area (TPSA) is 69.7 Å². The lowest BCUT2D eigenvalue weighted by atomic mass is 9.77. The fourth-order valence-electron chi connectivity index (χ4n) is 4.32. The molecule has 5 nitrogen and oxygen atoms in total. The van der Waals surface area contributed by atoms with Crippen LogP contribution in [0.5, 0.6) is 0 Å². The van der Waals surface area contributed by atoms with Crippen molar-refractivity contribution in [2.75, 3.05) is 6.54 Å². The van der Waals surface area contributed by atoms with Gasteiger partial charge in [0.25, 0.3) is 0 Å². The number of nitrogens with zero attached hydrogens (tertiary/aromatic N) is 1. The number of carbonyl (C=O) groups is 2. The minimum atomic E-state index is -1.16. The van der Waals surface area contributed by atoms with E-state index >= 15 is 0 Å². The van der Waals surface area contributed by atoms with Crippen molar-refractivity contribution in [3.8, 4) is 0 Å². The van der Waals surface area contributed by atoms with Crippen LogP contribution in [0.4, 0.5) is 0 Å². The molecule has 3 aliphatic heterocycles. The Hall–Kier alpha value is -1.36. The van der Waals surface area contributed by atoms with Crippen molar-refractivity contribution in [3.05, 3.63) is 12.2 Å². The summed E-state index contributed by atoms with van der Waals surface area (Å²) in [7, 11) is 0. The van der Waals surface area contributed by atoms with Crippen LogP contribution < -0.4 is 5.11 Å². The number of hydrogen-bond donors (Lipinski definition) is 0. The van der Waals surface area contributed by atoms with Gasteiger partial charge in [-0.25, -0.2) is 0 Å². The standard InChI is InChI=1S/C14H17NO4/c16-12-11-10(13(17)18)9-5-6-14(11,19-9)7-15(12)8-3-1-2-4-8/h5-6,8-11H,1-4,7H2,(H,17,18)/p-1/t9-,10+,11-,14-/m1/s1. The van der Waals surface area contributed by atoms with Crippen LogP contribution >= 0.6 is 0 Å². The summed E-state index contributed by atoms with van der Waals surface area (Å²) in [4.78, 5) is 25.8. The Labute approximate surface area is 111 Å². The number of amides is 1. The van der Waals surface area contributed by atoms with Crippen molar-refractivity contribution in [2.45, 2.75) is 43.4 Å². The molecule has 4 aliphatic rings. The summed E-state index contributed by atoms with van der Waals surface area (Å²) < 4.78 is 5.82. The third kappa shape index (κ3) is 1.34. The molecule has 2 bridgehead atoms. The first-order valence-electron chi connectivity index (χ1n) is 7.01. The van der Waals surface area contributed by atoms with Crippen molar-refractivity contribution in [2.24, 2.45) is 11.8 Å². The van der Waals surface area contributed by atoms with Gasteiger partial charge in [0, 0.05) is 17.9 Å². The summed E-state index contributed by atoms with van der Waals surface area (Å²) in [6, 6.07) is 0.269. The van der Waals surface area contributed by atoms with Gasteiger partial charge < -0.3 is 19.5 Å². The van der Waals surface area contributed by atoms with Crippen LogP contribution in [0, 0.1) is 11.8 Å². The predicted octanol–water partition coefficient (Wildman–Crippen LogP) is -0.539. The van der Waals surface area contributed by atoms with Gasteiger partial charge in [-0.2, -0.15) is 0 Å². The molecule has 3 fully saturated rings. The molecule has 19 heavy (non-hydrogen) atoms. The zero-order valence-corrected chi connectivity index (χ0v) is 10.6. The van der Waals surface area contributed by atoms with Crippen LogP contribution in [0.25, 0.3) is 0 Å². The monoisotopic (exact) mass is 262 g/mol. The molecule has 1 amide bonds. The average molecular weight is 262 g/mol. The molecule has 0 aromatic heterocycles. The number of hydrogen-bond acceptors (Lipinski definition) is 4. The molecule has 5 heteroatoms. The van der Waals surface area contributed by atoms with E-state index in [0.29, 0.717) is 6.54 Å². The van der Waals surface area contributed by atoms with Gasteiger partial charge >= 0.3 is 0 Å². The lowest BCUT2D eigenvalue weighted by Gasteiger charge is -2.27. The number of carboxylic acid groups (broad SMARTS) is 1. The second-order valence-corrected chi connectivity index (χ2v) is 6.12. The Kier molecular flexibility index (Phi) is 2.17. The second-order valence-electron chi connectivity index (χ2n) is 6.12. The zero-order valence-electron chi connectivity index (χ0n) is 10.6. The third-order valence-corrected chi connectivity index (χ3v) is 5.17. The molecule has 0 aromatic rings. The summed E-state index contributed by atoms with van der Waals surface area (Å²) >= 11 is 0. The molecule has 102 valence electrons. The molecular formula is C14H16NO4-. The molecule has 2 saturated heterocycles. The molecule has 0 unspecified atom stereocenters. The summed E-state index contributed by atoms with van der Waals surface area (Å²) in [5.41, 5.74) is -0.699. The average Bonchev–Trinajstić information content (AvgIpc) is 3.09. The number of fused-ring (bicyclic) bond motifs is 1. The number of carboxylic acids is 1. The Bertz CT molecular complexity index is 482. The molecule has 1 aliphatic carbocycles. The quantitative estimate of drug-likeness (QED) is 0.627. The maximum Gasteiger partial charge on any atom is 0.230 e. The Morgan fingerprint density at radius 2 is 2.16 bits per heavy atom. The van der Waals surface area contributed by atoms with Gasteiger partial charge in [-0.05, 0) is 12.8 Å². The molecular weight excluding hydrogens is 246 g/mol. The molecule has 0 N–H and O–H groups in total. The molecule has 0 radical (unpaired) electrons. The van der Waals surface area contributed by atoms with Crippen molar-refractivity contribution in [1.82, 2.24) is 4.90 Å². The fourth-order valence-corrected chi connectivity index (χ4v) is 4.32. The van der Waals surface area contributed by atoms with Crippen molar-refractivity contribution in [3.63, 3.8) is 0 Å². The summed E-state index contributed by atoms with van der Waals surface area (Å²) in [6.07, 6.45) is 7.54. The first kappa shape index (κ1) is 11.5. The second kappa shape index (κ2) is 3.60. The largest absolute Gasteiger partial charge is 0.550 e. The normalized spacial score (nSPS) is 44.3. The molecule has 3 heterocycles. The molecule has 1 saturated carbocycles. The van der Waals surface area contributed by atoms with Crippen LogP contribution in [0.2, 0.25) is 0 Å². The highest BCUT2D eigenvalue weighted by atomic mass is 16.5. The lowest BCUT2D eigenvalue weighted by molar-refractivity contribution is -0.313. The zero-order chi connectivity index (χ0) is 13.2. The van der Waals surface area contributed by atoms with Gasteiger partial charge in [0.1, 0.15) is 5.60 Å². The molecule has 4 atom stereocenters. The number of aliphatic carboxylic acids is 1. The number of ether oxygens (including phenoxy) is 1. The summed E-state index contributed by atoms with van der Waals surface area (Å²) in [5, 5.41) is 11.3. The first-order valence-corrected chi connectivity index (χ1v) is 7.01. The smallest absolute Gasteiger partial charge is 0.230 e. The van der Waals surface area contributed by atoms with Crippen LogP contribution in [0.15, 0.2) is 12.2 Å².